The van der Waals surface area contributed by atoms with Gasteiger partial charge in [-0.3, -0.25) is 10.00 Å². The Morgan fingerprint density at radius 3 is 2.95 bits per heavy atom. The van der Waals surface area contributed by atoms with Gasteiger partial charge in [0.1, 0.15) is 0 Å². The molecule has 1 saturated heterocycles. The minimum Gasteiger partial charge on any atom is -0.309 e. The highest BCUT2D eigenvalue weighted by molar-refractivity contribution is 5.15. The molecule has 3 rings (SSSR count). The topological polar surface area (TPSA) is 44.0 Å². The van der Waals surface area contributed by atoms with E-state index in [1.54, 1.807) is 0 Å². The summed E-state index contributed by atoms with van der Waals surface area (Å²) in [5.41, 5.74) is 3.85. The van der Waals surface area contributed by atoms with Crippen LogP contribution in [0.3, 0.4) is 0 Å². The average Bonchev–Trinajstić information content (AvgIpc) is 2.92. The molecule has 4 nitrogen and oxygen atoms in total. The molecule has 0 saturated carbocycles. The molecule has 0 bridgehead atoms. The first kappa shape index (κ1) is 14.3. The van der Waals surface area contributed by atoms with Gasteiger partial charge in [-0.05, 0) is 31.9 Å². The molecule has 1 atom stereocenters. The predicted molar refractivity (Wildman–Crippen MR) is 84.9 cm³/mol. The lowest BCUT2D eigenvalue weighted by atomic mass is 10.0. The maximum atomic E-state index is 4.08. The number of likely N-dealkylation sites (tertiary alicyclic amines) is 1. The van der Waals surface area contributed by atoms with Gasteiger partial charge in [-0.1, -0.05) is 30.3 Å². The minimum atomic E-state index is 0.580. The fourth-order valence-corrected chi connectivity index (χ4v) is 3.02. The van der Waals surface area contributed by atoms with Gasteiger partial charge in [0.05, 0.1) is 6.20 Å². The number of benzene rings is 1. The van der Waals surface area contributed by atoms with E-state index in [2.05, 4.69) is 57.7 Å². The predicted octanol–water partition coefficient (Wildman–Crippen LogP) is 2.47. The molecule has 1 aromatic heterocycles. The monoisotopic (exact) mass is 284 g/mol. The second kappa shape index (κ2) is 6.87. The van der Waals surface area contributed by atoms with Crippen molar-refractivity contribution >= 4 is 0 Å². The standard InChI is InChI=1S/C17H24N4/c1-14-16(11-19-20-14)10-18-17-8-5-9-21(13-17)12-15-6-3-2-4-7-15/h2-4,6-7,11,17-18H,5,8-10,12-13H2,1H3,(H,19,20). The first-order valence-corrected chi connectivity index (χ1v) is 7.80. The van der Waals surface area contributed by atoms with Crippen LogP contribution in [0.25, 0.3) is 0 Å². The molecule has 112 valence electrons. The van der Waals surface area contributed by atoms with Gasteiger partial charge in [-0.25, -0.2) is 0 Å². The third-order valence-electron chi connectivity index (χ3n) is 4.27. The van der Waals surface area contributed by atoms with Crippen LogP contribution in [0, 0.1) is 6.92 Å². The molecule has 1 aliphatic heterocycles. The number of nitrogens with one attached hydrogen (secondary N) is 2. The first-order valence-electron chi connectivity index (χ1n) is 7.80. The highest BCUT2D eigenvalue weighted by Crippen LogP contribution is 2.14. The van der Waals surface area contributed by atoms with Crippen LogP contribution < -0.4 is 5.32 Å². The number of aromatic amines is 1. The Balaban J connectivity index is 1.50. The van der Waals surface area contributed by atoms with Gasteiger partial charge >= 0.3 is 0 Å². The minimum absolute atomic E-state index is 0.580. The number of nitrogens with zero attached hydrogens (tertiary/aromatic N) is 2. The molecule has 4 heteroatoms. The number of aryl methyl sites for hydroxylation is 1. The quantitative estimate of drug-likeness (QED) is 0.886. The molecule has 1 aromatic carbocycles. The third kappa shape index (κ3) is 3.93. The van der Waals surface area contributed by atoms with Crippen molar-refractivity contribution in [3.8, 4) is 0 Å². The Morgan fingerprint density at radius 1 is 1.33 bits per heavy atom. The van der Waals surface area contributed by atoms with Gasteiger partial charge in [0.2, 0.25) is 0 Å². The summed E-state index contributed by atoms with van der Waals surface area (Å²) in [5.74, 6) is 0. The summed E-state index contributed by atoms with van der Waals surface area (Å²) in [6.45, 7) is 6.38. The zero-order chi connectivity index (χ0) is 14.5. The molecule has 2 N–H and O–H groups in total. The van der Waals surface area contributed by atoms with E-state index >= 15 is 0 Å². The highest BCUT2D eigenvalue weighted by atomic mass is 15.2. The summed E-state index contributed by atoms with van der Waals surface area (Å²) in [7, 11) is 0. The van der Waals surface area contributed by atoms with Crippen LogP contribution >= 0.6 is 0 Å². The average molecular weight is 284 g/mol. The zero-order valence-electron chi connectivity index (χ0n) is 12.7. The van der Waals surface area contributed by atoms with E-state index in [9.17, 15) is 0 Å². The molecule has 1 unspecified atom stereocenters. The molecule has 2 heterocycles. The van der Waals surface area contributed by atoms with Gasteiger partial charge in [-0.2, -0.15) is 5.10 Å². The number of hydrogen-bond donors (Lipinski definition) is 2. The molecule has 0 radical (unpaired) electrons. The van der Waals surface area contributed by atoms with Gasteiger partial charge < -0.3 is 5.32 Å². The summed E-state index contributed by atoms with van der Waals surface area (Å²) in [6.07, 6.45) is 4.46. The second-order valence-corrected chi connectivity index (χ2v) is 5.96. The summed E-state index contributed by atoms with van der Waals surface area (Å²) in [6, 6.07) is 11.3. The van der Waals surface area contributed by atoms with Crippen LogP contribution in [-0.4, -0.2) is 34.2 Å². The summed E-state index contributed by atoms with van der Waals surface area (Å²) in [4.78, 5) is 2.55. The molecule has 1 fully saturated rings. The lowest BCUT2D eigenvalue weighted by Gasteiger charge is -2.33. The van der Waals surface area contributed by atoms with Crippen LogP contribution in [0.2, 0.25) is 0 Å². The molecule has 0 spiro atoms. The van der Waals surface area contributed by atoms with Crippen LogP contribution in [0.15, 0.2) is 36.5 Å². The second-order valence-electron chi connectivity index (χ2n) is 5.96. The summed E-state index contributed by atoms with van der Waals surface area (Å²) in [5, 5.41) is 10.8. The van der Waals surface area contributed by atoms with Crippen LogP contribution in [0.5, 0.6) is 0 Å². The number of H-pyrrole nitrogens is 1. The van der Waals surface area contributed by atoms with Crippen LogP contribution in [-0.2, 0) is 13.1 Å². The van der Waals surface area contributed by atoms with Crippen molar-refractivity contribution < 1.29 is 0 Å². The van der Waals surface area contributed by atoms with Crippen molar-refractivity contribution in [3.05, 3.63) is 53.3 Å². The van der Waals surface area contributed by atoms with E-state index < -0.39 is 0 Å². The van der Waals surface area contributed by atoms with Crippen LogP contribution in [0.4, 0.5) is 0 Å². The molecule has 0 amide bonds. The van der Waals surface area contributed by atoms with E-state index in [4.69, 9.17) is 0 Å². The molecule has 0 aliphatic carbocycles. The lowest BCUT2D eigenvalue weighted by Crippen LogP contribution is -2.45. The van der Waals surface area contributed by atoms with Crippen molar-refractivity contribution in [2.24, 2.45) is 0 Å². The summed E-state index contributed by atoms with van der Waals surface area (Å²) >= 11 is 0. The van der Waals surface area contributed by atoms with Gasteiger partial charge in [0, 0.05) is 36.9 Å². The van der Waals surface area contributed by atoms with Crippen molar-refractivity contribution in [2.75, 3.05) is 13.1 Å². The normalized spacial score (nSPS) is 19.8. The summed E-state index contributed by atoms with van der Waals surface area (Å²) < 4.78 is 0. The van der Waals surface area contributed by atoms with E-state index in [0.717, 1.165) is 19.6 Å². The lowest BCUT2D eigenvalue weighted by molar-refractivity contribution is 0.182. The highest BCUT2D eigenvalue weighted by Gasteiger charge is 2.19. The number of piperidine rings is 1. The Morgan fingerprint density at radius 2 is 2.19 bits per heavy atom. The number of hydrogen-bond acceptors (Lipinski definition) is 3. The van der Waals surface area contributed by atoms with Gasteiger partial charge in [0.25, 0.3) is 0 Å². The Hall–Kier alpha value is -1.65. The first-order chi connectivity index (χ1) is 10.3. The van der Waals surface area contributed by atoms with E-state index in [1.807, 2.05) is 6.20 Å². The zero-order valence-corrected chi connectivity index (χ0v) is 12.7. The van der Waals surface area contributed by atoms with Gasteiger partial charge in [-0.15, -0.1) is 0 Å². The molecular formula is C17H24N4. The van der Waals surface area contributed by atoms with Crippen molar-refractivity contribution in [3.63, 3.8) is 0 Å². The number of aromatic nitrogens is 2. The fourth-order valence-electron chi connectivity index (χ4n) is 3.02. The molecular weight excluding hydrogens is 260 g/mol. The maximum absolute atomic E-state index is 4.08. The van der Waals surface area contributed by atoms with E-state index in [-0.39, 0.29) is 0 Å². The Bertz CT molecular complexity index is 549. The largest absolute Gasteiger partial charge is 0.309 e. The van der Waals surface area contributed by atoms with E-state index in [1.165, 1.54) is 36.2 Å². The fraction of sp³-hybridized carbons (Fsp3) is 0.471. The number of rotatable bonds is 5. The molecule has 1 aliphatic rings. The molecule has 21 heavy (non-hydrogen) atoms. The smallest absolute Gasteiger partial charge is 0.0535 e. The SMILES string of the molecule is Cc1[nH]ncc1CNC1CCCN(Cc2ccccc2)C1. The van der Waals surface area contributed by atoms with Crippen molar-refractivity contribution in [2.45, 2.75) is 38.9 Å². The Kier molecular flexibility index (Phi) is 4.68. The van der Waals surface area contributed by atoms with Crippen molar-refractivity contribution in [1.29, 1.82) is 0 Å². The Labute approximate surface area is 126 Å². The molecule has 2 aromatic rings. The maximum Gasteiger partial charge on any atom is 0.0535 e. The third-order valence-corrected chi connectivity index (χ3v) is 4.27. The van der Waals surface area contributed by atoms with Crippen LogP contribution in [0.1, 0.15) is 29.7 Å². The van der Waals surface area contributed by atoms with E-state index in [0.29, 0.717) is 6.04 Å². The van der Waals surface area contributed by atoms with Crippen molar-refractivity contribution in [1.82, 2.24) is 20.4 Å². The van der Waals surface area contributed by atoms with Gasteiger partial charge in [0.15, 0.2) is 0 Å².